The lowest BCUT2D eigenvalue weighted by molar-refractivity contribution is 0.550. The zero-order valence-corrected chi connectivity index (χ0v) is 26.6. The Morgan fingerprint density at radius 1 is 0.596 bits per heavy atom. The van der Waals surface area contributed by atoms with Crippen LogP contribution in [0.1, 0.15) is 35.8 Å². The molecule has 226 valence electrons. The first kappa shape index (κ1) is 27.7. The van der Waals surface area contributed by atoms with Crippen molar-refractivity contribution in [1.82, 2.24) is 4.57 Å². The summed E-state index contributed by atoms with van der Waals surface area (Å²) in [5.74, 6) is 0.886. The molecule has 2 heteroatoms. The van der Waals surface area contributed by atoms with Crippen molar-refractivity contribution < 1.29 is 0 Å². The fourth-order valence-corrected chi connectivity index (χ4v) is 7.99. The number of benzene rings is 6. The molecule has 9 rings (SSSR count). The van der Waals surface area contributed by atoms with E-state index in [9.17, 15) is 0 Å². The molecule has 0 amide bonds. The Morgan fingerprint density at radius 2 is 1.21 bits per heavy atom. The molecular formula is C45H36N2. The molecule has 0 N–H and O–H groups in total. The zero-order chi connectivity index (χ0) is 31.3. The highest BCUT2D eigenvalue weighted by atomic mass is 15.1. The van der Waals surface area contributed by atoms with Gasteiger partial charge in [0.25, 0.3) is 0 Å². The number of hydrogen-bond acceptors (Lipinski definition) is 1. The highest BCUT2D eigenvalue weighted by molar-refractivity contribution is 5.98. The van der Waals surface area contributed by atoms with Crippen molar-refractivity contribution in [3.8, 4) is 39.2 Å². The third-order valence-electron chi connectivity index (χ3n) is 10.3. The van der Waals surface area contributed by atoms with Crippen LogP contribution >= 0.6 is 0 Å². The van der Waals surface area contributed by atoms with Crippen molar-refractivity contribution in [3.63, 3.8) is 0 Å². The van der Waals surface area contributed by atoms with E-state index >= 15 is 0 Å². The summed E-state index contributed by atoms with van der Waals surface area (Å²) in [5, 5.41) is 1.37. The van der Waals surface area contributed by atoms with Gasteiger partial charge in [0.2, 0.25) is 0 Å². The lowest BCUT2D eigenvalue weighted by Crippen LogP contribution is -2.19. The molecule has 0 saturated carbocycles. The highest BCUT2D eigenvalue weighted by Gasteiger charge is 2.37. The summed E-state index contributed by atoms with van der Waals surface area (Å²) in [5.41, 5.74) is 15.4. The van der Waals surface area contributed by atoms with Gasteiger partial charge in [-0.1, -0.05) is 121 Å². The standard InChI is InChI=1S/C45H36N2/c1-46(35-14-6-3-7-15-35)36-25-20-33(21-26-36)34-24-29-42-43(30-34)47(37-27-22-32(23-28-37)31-12-4-2-5-13-31)45-41-19-11-9-17-39(41)38-16-8-10-18-40(38)44(42)45/h2-9,11-17,19-30,38,40H,10,18H2,1H3. The average Bonchev–Trinajstić information content (AvgIpc) is 3.50. The predicted octanol–water partition coefficient (Wildman–Crippen LogP) is 11.9. The monoisotopic (exact) mass is 604 g/mol. The van der Waals surface area contributed by atoms with Crippen LogP contribution in [0.2, 0.25) is 0 Å². The van der Waals surface area contributed by atoms with Crippen LogP contribution in [0.25, 0.3) is 50.1 Å². The molecule has 0 spiro atoms. The first-order valence-corrected chi connectivity index (χ1v) is 16.7. The summed E-state index contributed by atoms with van der Waals surface area (Å²) in [7, 11) is 2.13. The van der Waals surface area contributed by atoms with Crippen LogP contribution in [-0.4, -0.2) is 11.6 Å². The topological polar surface area (TPSA) is 8.17 Å². The van der Waals surface area contributed by atoms with Gasteiger partial charge in [0.15, 0.2) is 0 Å². The fourth-order valence-electron chi connectivity index (χ4n) is 7.99. The average molecular weight is 605 g/mol. The molecule has 2 aliphatic carbocycles. The summed E-state index contributed by atoms with van der Waals surface area (Å²) >= 11 is 0. The molecule has 0 radical (unpaired) electrons. The molecule has 7 aromatic rings. The second-order valence-electron chi connectivity index (χ2n) is 12.9. The molecule has 0 bridgehead atoms. The molecule has 1 aromatic heterocycles. The number of fused-ring (bicyclic) bond motifs is 8. The molecule has 1 heterocycles. The van der Waals surface area contributed by atoms with Gasteiger partial charge in [-0.2, -0.15) is 0 Å². The van der Waals surface area contributed by atoms with E-state index in [1.807, 2.05) is 0 Å². The Hall–Kier alpha value is -5.60. The maximum atomic E-state index is 2.55. The molecule has 2 nitrogen and oxygen atoms in total. The lowest BCUT2D eigenvalue weighted by atomic mass is 9.69. The summed E-state index contributed by atoms with van der Waals surface area (Å²) in [6.45, 7) is 0. The molecule has 2 unspecified atom stereocenters. The van der Waals surface area contributed by atoms with E-state index in [1.54, 1.807) is 0 Å². The number of rotatable bonds is 5. The van der Waals surface area contributed by atoms with Crippen molar-refractivity contribution in [1.29, 1.82) is 0 Å². The van der Waals surface area contributed by atoms with Crippen LogP contribution in [0.15, 0.2) is 164 Å². The Labute approximate surface area is 276 Å². The SMILES string of the molecule is CN(c1ccccc1)c1ccc(-c2ccc3c4c(n(-c5ccc(-c6ccccc6)cc5)c3c2)-c2ccccc2C2C=CCCC42)cc1. The number of para-hydroxylation sites is 1. The smallest absolute Gasteiger partial charge is 0.0579 e. The molecule has 0 fully saturated rings. The first-order valence-electron chi connectivity index (χ1n) is 16.7. The maximum Gasteiger partial charge on any atom is 0.0579 e. The van der Waals surface area contributed by atoms with Crippen molar-refractivity contribution in [2.45, 2.75) is 24.7 Å². The minimum atomic E-state index is 0.417. The summed E-state index contributed by atoms with van der Waals surface area (Å²) < 4.78 is 2.55. The Morgan fingerprint density at radius 3 is 2.00 bits per heavy atom. The second-order valence-corrected chi connectivity index (χ2v) is 12.9. The fraction of sp³-hybridized carbons (Fsp3) is 0.111. The molecule has 2 atom stereocenters. The van der Waals surface area contributed by atoms with Gasteiger partial charge in [-0.15, -0.1) is 0 Å². The molecule has 2 aliphatic rings. The van der Waals surface area contributed by atoms with Gasteiger partial charge in [0.1, 0.15) is 0 Å². The molecule has 0 aliphatic heterocycles. The minimum absolute atomic E-state index is 0.417. The largest absolute Gasteiger partial charge is 0.345 e. The van der Waals surface area contributed by atoms with Crippen molar-refractivity contribution in [2.75, 3.05) is 11.9 Å². The summed E-state index contributed by atoms with van der Waals surface area (Å²) in [6.07, 6.45) is 7.16. The number of allylic oxidation sites excluding steroid dienone is 2. The van der Waals surface area contributed by atoms with Gasteiger partial charge < -0.3 is 9.47 Å². The van der Waals surface area contributed by atoms with Gasteiger partial charge in [-0.3, -0.25) is 0 Å². The van der Waals surface area contributed by atoms with Crippen LogP contribution in [0, 0.1) is 0 Å². The quantitative estimate of drug-likeness (QED) is 0.177. The summed E-state index contributed by atoms with van der Waals surface area (Å²) in [4.78, 5) is 2.23. The number of aromatic nitrogens is 1. The maximum absolute atomic E-state index is 2.55. The van der Waals surface area contributed by atoms with E-state index in [2.05, 4.69) is 180 Å². The number of anilines is 2. The highest BCUT2D eigenvalue weighted by Crippen LogP contribution is 2.55. The Bertz CT molecular complexity index is 2240. The van der Waals surface area contributed by atoms with Crippen LogP contribution in [0.3, 0.4) is 0 Å². The van der Waals surface area contributed by atoms with E-state index < -0.39 is 0 Å². The van der Waals surface area contributed by atoms with Crippen molar-refractivity contribution in [3.05, 3.63) is 175 Å². The first-order chi connectivity index (χ1) is 23.2. The lowest BCUT2D eigenvalue weighted by Gasteiger charge is -2.35. The van der Waals surface area contributed by atoms with E-state index in [4.69, 9.17) is 0 Å². The number of nitrogens with zero attached hydrogens (tertiary/aromatic N) is 2. The molecule has 0 saturated heterocycles. The van der Waals surface area contributed by atoms with E-state index in [-0.39, 0.29) is 0 Å². The van der Waals surface area contributed by atoms with Crippen LogP contribution in [-0.2, 0) is 0 Å². The third kappa shape index (κ3) is 4.63. The Kier molecular flexibility index (Phi) is 6.67. The van der Waals surface area contributed by atoms with Gasteiger partial charge in [0, 0.05) is 41.0 Å². The van der Waals surface area contributed by atoms with Crippen LogP contribution in [0.4, 0.5) is 11.4 Å². The zero-order valence-electron chi connectivity index (χ0n) is 26.6. The van der Waals surface area contributed by atoms with Gasteiger partial charge in [-0.05, 0) is 94.6 Å². The van der Waals surface area contributed by atoms with Gasteiger partial charge in [0.05, 0.1) is 11.2 Å². The van der Waals surface area contributed by atoms with Crippen molar-refractivity contribution >= 4 is 22.3 Å². The predicted molar refractivity (Wildman–Crippen MR) is 198 cm³/mol. The third-order valence-corrected chi connectivity index (χ3v) is 10.3. The van der Waals surface area contributed by atoms with Gasteiger partial charge in [-0.25, -0.2) is 0 Å². The molecule has 6 aromatic carbocycles. The van der Waals surface area contributed by atoms with Crippen molar-refractivity contribution in [2.24, 2.45) is 0 Å². The van der Waals surface area contributed by atoms with Gasteiger partial charge >= 0.3 is 0 Å². The second kappa shape index (κ2) is 11.3. The number of hydrogen-bond donors (Lipinski definition) is 0. The van der Waals surface area contributed by atoms with Crippen LogP contribution in [0.5, 0.6) is 0 Å². The normalized spacial score (nSPS) is 16.4. The summed E-state index contributed by atoms with van der Waals surface area (Å²) in [6, 6.07) is 55.6. The van der Waals surface area contributed by atoms with E-state index in [0.29, 0.717) is 11.8 Å². The van der Waals surface area contributed by atoms with E-state index in [1.165, 1.54) is 79.0 Å². The minimum Gasteiger partial charge on any atom is -0.345 e. The molecule has 47 heavy (non-hydrogen) atoms. The Balaban J connectivity index is 1.22. The van der Waals surface area contributed by atoms with E-state index in [0.717, 1.165) is 6.42 Å². The molecular weight excluding hydrogens is 569 g/mol. The van der Waals surface area contributed by atoms with Crippen LogP contribution < -0.4 is 4.90 Å².